The highest BCUT2D eigenvalue weighted by molar-refractivity contribution is 7.99. The summed E-state index contributed by atoms with van der Waals surface area (Å²) in [5, 5.41) is 9.47. The van der Waals surface area contributed by atoms with E-state index in [1.807, 2.05) is 60.1 Å². The number of thioether (sulfide) groups is 1. The minimum absolute atomic E-state index is 0.0394. The highest BCUT2D eigenvalue weighted by Gasteiger charge is 2.28. The van der Waals surface area contributed by atoms with Gasteiger partial charge < -0.3 is 14.9 Å². The second kappa shape index (κ2) is 6.68. The first kappa shape index (κ1) is 15.8. The second-order valence-electron chi connectivity index (χ2n) is 5.48. The third-order valence-electron chi connectivity index (χ3n) is 3.93. The van der Waals surface area contributed by atoms with E-state index in [-0.39, 0.29) is 5.37 Å². The van der Waals surface area contributed by atoms with Crippen molar-refractivity contribution < 1.29 is 9.47 Å². The van der Waals surface area contributed by atoms with E-state index >= 15 is 0 Å². The minimum atomic E-state index is 0.0394. The molecule has 1 aliphatic rings. The van der Waals surface area contributed by atoms with Gasteiger partial charge in [0.15, 0.2) is 17.3 Å². The zero-order valence-electron chi connectivity index (χ0n) is 14.0. The summed E-state index contributed by atoms with van der Waals surface area (Å²) in [6.45, 7) is 2.56. The molecule has 1 unspecified atom stereocenters. The molecule has 0 saturated carbocycles. The molecule has 6 nitrogen and oxygen atoms in total. The second-order valence-corrected chi connectivity index (χ2v) is 6.55. The van der Waals surface area contributed by atoms with Crippen molar-refractivity contribution in [3.63, 3.8) is 0 Å². The van der Waals surface area contributed by atoms with Crippen LogP contribution in [0.3, 0.4) is 0 Å². The highest BCUT2D eigenvalue weighted by atomic mass is 32.2. The fourth-order valence-electron chi connectivity index (χ4n) is 2.75. The van der Waals surface area contributed by atoms with Crippen LogP contribution in [0.25, 0.3) is 11.4 Å². The third-order valence-corrected chi connectivity index (χ3v) is 5.01. The molecule has 0 bridgehead atoms. The molecule has 0 amide bonds. The Balaban J connectivity index is 1.61. The molecule has 2 heterocycles. The van der Waals surface area contributed by atoms with E-state index in [1.54, 1.807) is 18.9 Å². The lowest BCUT2D eigenvalue weighted by Gasteiger charge is -2.15. The average molecular weight is 354 g/mol. The third kappa shape index (κ3) is 2.91. The Kier molecular flexibility index (Phi) is 4.23. The molecule has 25 heavy (non-hydrogen) atoms. The van der Waals surface area contributed by atoms with E-state index in [0.717, 1.165) is 33.6 Å². The molecule has 0 spiro atoms. The molecule has 1 aromatic heterocycles. The molecular formula is C18H18N4O2S. The van der Waals surface area contributed by atoms with Gasteiger partial charge in [-0.2, -0.15) is 0 Å². The molecule has 3 aromatic rings. The molecule has 0 aliphatic carbocycles. The van der Waals surface area contributed by atoms with Gasteiger partial charge in [0, 0.05) is 5.56 Å². The van der Waals surface area contributed by atoms with Crippen molar-refractivity contribution in [2.75, 3.05) is 19.1 Å². The molecule has 4 rings (SSSR count). The van der Waals surface area contributed by atoms with Crippen LogP contribution in [-0.4, -0.2) is 28.6 Å². The lowest BCUT2D eigenvalue weighted by Crippen LogP contribution is -2.14. The number of nitrogens with one attached hydrogen (secondary N) is 1. The Morgan fingerprint density at radius 2 is 1.96 bits per heavy atom. The van der Waals surface area contributed by atoms with Gasteiger partial charge in [-0.25, -0.2) is 4.68 Å². The Labute approximate surface area is 150 Å². The van der Waals surface area contributed by atoms with Crippen molar-refractivity contribution in [2.45, 2.75) is 17.5 Å². The molecule has 0 saturated heterocycles. The lowest BCUT2D eigenvalue weighted by atomic mass is 10.2. The smallest absolute Gasteiger partial charge is 0.212 e. The first-order valence-corrected chi connectivity index (χ1v) is 8.93. The van der Waals surface area contributed by atoms with Crippen LogP contribution in [0.2, 0.25) is 0 Å². The summed E-state index contributed by atoms with van der Waals surface area (Å²) in [5.41, 5.74) is 5.58. The molecule has 128 valence electrons. The predicted molar refractivity (Wildman–Crippen MR) is 97.6 cm³/mol. The first-order chi connectivity index (χ1) is 12.3. The summed E-state index contributed by atoms with van der Waals surface area (Å²) in [6.07, 6.45) is 0. The maximum Gasteiger partial charge on any atom is 0.212 e. The molecule has 0 fully saturated rings. The maximum absolute atomic E-state index is 5.59. The average Bonchev–Trinajstić information content (AvgIpc) is 3.23. The number of benzene rings is 2. The molecule has 1 N–H and O–H groups in total. The van der Waals surface area contributed by atoms with E-state index in [9.17, 15) is 0 Å². The largest absolute Gasteiger partial charge is 0.493 e. The molecule has 2 aromatic carbocycles. The number of methoxy groups -OCH3 is 1. The van der Waals surface area contributed by atoms with E-state index in [2.05, 4.69) is 15.6 Å². The van der Waals surface area contributed by atoms with Gasteiger partial charge in [0.25, 0.3) is 0 Å². The minimum Gasteiger partial charge on any atom is -0.493 e. The van der Waals surface area contributed by atoms with Gasteiger partial charge in [-0.3, -0.25) is 0 Å². The van der Waals surface area contributed by atoms with Gasteiger partial charge in [-0.05, 0) is 24.6 Å². The highest BCUT2D eigenvalue weighted by Crippen LogP contribution is 2.42. The summed E-state index contributed by atoms with van der Waals surface area (Å²) in [4.78, 5) is 0. The van der Waals surface area contributed by atoms with Crippen molar-refractivity contribution in [3.8, 4) is 22.9 Å². The fraction of sp³-hybridized carbons (Fsp3) is 0.222. The normalized spacial score (nSPS) is 15.5. The number of fused-ring (bicyclic) bond motifs is 1. The van der Waals surface area contributed by atoms with Crippen LogP contribution in [0, 0.1) is 0 Å². The monoisotopic (exact) mass is 354 g/mol. The van der Waals surface area contributed by atoms with Gasteiger partial charge in [0.2, 0.25) is 5.16 Å². The zero-order chi connectivity index (χ0) is 17.2. The summed E-state index contributed by atoms with van der Waals surface area (Å²) in [6, 6.07) is 16.0. The topological polar surface area (TPSA) is 61.2 Å². The quantitative estimate of drug-likeness (QED) is 0.754. The number of hydrogen-bond acceptors (Lipinski definition) is 6. The lowest BCUT2D eigenvalue weighted by molar-refractivity contribution is 0.310. The van der Waals surface area contributed by atoms with Crippen molar-refractivity contribution in [2.24, 2.45) is 0 Å². The Bertz CT molecular complexity index is 882. The summed E-state index contributed by atoms with van der Waals surface area (Å²) in [5.74, 6) is 2.29. The fourth-order valence-corrected chi connectivity index (χ4v) is 3.73. The van der Waals surface area contributed by atoms with E-state index in [0.29, 0.717) is 6.61 Å². The predicted octanol–water partition coefficient (Wildman–Crippen LogP) is 3.70. The zero-order valence-corrected chi connectivity index (χ0v) is 14.8. The number of aromatic nitrogens is 3. The van der Waals surface area contributed by atoms with Gasteiger partial charge in [0.05, 0.1) is 13.7 Å². The van der Waals surface area contributed by atoms with E-state index in [4.69, 9.17) is 9.47 Å². The maximum atomic E-state index is 5.59. The van der Waals surface area contributed by atoms with Crippen molar-refractivity contribution in [1.82, 2.24) is 14.9 Å². The van der Waals surface area contributed by atoms with Crippen molar-refractivity contribution >= 4 is 11.8 Å². The van der Waals surface area contributed by atoms with Crippen LogP contribution in [-0.2, 0) is 0 Å². The van der Waals surface area contributed by atoms with Crippen LogP contribution in [0.15, 0.2) is 53.7 Å². The molecule has 1 atom stereocenters. The van der Waals surface area contributed by atoms with Gasteiger partial charge in [0.1, 0.15) is 5.37 Å². The van der Waals surface area contributed by atoms with Crippen LogP contribution in [0.5, 0.6) is 11.5 Å². The van der Waals surface area contributed by atoms with Crippen LogP contribution in [0.4, 0.5) is 0 Å². The number of ether oxygens (including phenoxy) is 2. The van der Waals surface area contributed by atoms with Crippen molar-refractivity contribution in [3.05, 3.63) is 54.1 Å². The Morgan fingerprint density at radius 1 is 1.12 bits per heavy atom. The van der Waals surface area contributed by atoms with Gasteiger partial charge in [-0.15, -0.1) is 10.2 Å². The SMILES string of the molecule is CCOc1ccc(C2Nn3c(nnc3-c3ccccc3)S2)cc1OC. The number of nitrogens with zero attached hydrogens (tertiary/aromatic N) is 3. The van der Waals surface area contributed by atoms with E-state index < -0.39 is 0 Å². The van der Waals surface area contributed by atoms with Crippen LogP contribution < -0.4 is 14.9 Å². The van der Waals surface area contributed by atoms with Gasteiger partial charge >= 0.3 is 0 Å². The number of rotatable bonds is 5. The molecule has 1 aliphatic heterocycles. The number of hydrogen-bond donors (Lipinski definition) is 1. The van der Waals surface area contributed by atoms with Gasteiger partial charge in [-0.1, -0.05) is 48.2 Å². The van der Waals surface area contributed by atoms with Crippen LogP contribution in [0.1, 0.15) is 17.9 Å². The Hall–Kier alpha value is -2.67. The van der Waals surface area contributed by atoms with E-state index in [1.165, 1.54) is 0 Å². The van der Waals surface area contributed by atoms with Crippen molar-refractivity contribution in [1.29, 1.82) is 0 Å². The Morgan fingerprint density at radius 3 is 2.72 bits per heavy atom. The summed E-state index contributed by atoms with van der Waals surface area (Å²) in [7, 11) is 1.65. The summed E-state index contributed by atoms with van der Waals surface area (Å²) < 4.78 is 13.0. The van der Waals surface area contributed by atoms with Crippen LogP contribution >= 0.6 is 11.8 Å². The molecule has 0 radical (unpaired) electrons. The summed E-state index contributed by atoms with van der Waals surface area (Å²) >= 11 is 1.63. The first-order valence-electron chi connectivity index (χ1n) is 8.05. The standard InChI is InChI=1S/C18H18N4O2S/c1-3-24-14-10-9-13(11-15(14)23-2)17-21-22-16(19-20-18(22)25-17)12-7-5-4-6-8-12/h4-11,17,21H,3H2,1-2H3. The molecule has 7 heteroatoms. The molecular weight excluding hydrogens is 336 g/mol.